The Bertz CT molecular complexity index is 1210. The van der Waals surface area contributed by atoms with Gasteiger partial charge < -0.3 is 10.6 Å². The number of carbonyl (C=O) groups is 2. The van der Waals surface area contributed by atoms with Gasteiger partial charge in [-0.15, -0.1) is 0 Å². The van der Waals surface area contributed by atoms with Gasteiger partial charge >= 0.3 is 0 Å². The Morgan fingerprint density at radius 1 is 0.611 bits per heavy atom. The maximum absolute atomic E-state index is 12.3. The number of aromatic nitrogens is 2. The summed E-state index contributed by atoms with van der Waals surface area (Å²) < 4.78 is 2.29. The normalized spacial score (nSPS) is 11.3. The quantitative estimate of drug-likeness (QED) is 0.197. The van der Waals surface area contributed by atoms with Crippen molar-refractivity contribution in [3.05, 3.63) is 46.5 Å². The molecular weight excluding hydrogens is 488 g/mol. The molecule has 0 spiro atoms. The van der Waals surface area contributed by atoms with Crippen LogP contribution in [-0.4, -0.2) is 21.8 Å². The van der Waals surface area contributed by atoms with Crippen molar-refractivity contribution in [2.24, 2.45) is 0 Å². The Morgan fingerprint density at radius 3 is 1.36 bits per heavy atom. The first kappa shape index (κ1) is 26.2. The first-order valence-corrected chi connectivity index (χ1v) is 14.3. The molecule has 190 valence electrons. The average molecular weight is 523 g/mol. The second kappa shape index (κ2) is 11.9. The van der Waals surface area contributed by atoms with Gasteiger partial charge in [-0.25, -0.2) is 9.97 Å². The molecule has 0 radical (unpaired) electrons. The van der Waals surface area contributed by atoms with Gasteiger partial charge in [-0.2, -0.15) is 0 Å². The standard InChI is InChI=1S/C28H34N4O2S2/c1-17-13-15-19(3)25-23(17)31-27(35-25)29-21(33)11-9-7-5-6-8-10-12-22(34)30-28-32-24-18(2)14-16-20(4)26(24)36-28/h13-16H,5-12H2,1-4H3,(H,29,31,33)(H,30,32,34). The zero-order chi connectivity index (χ0) is 25.7. The molecule has 0 aliphatic rings. The first-order valence-electron chi connectivity index (χ1n) is 12.6. The smallest absolute Gasteiger partial charge is 0.226 e. The number of fused-ring (bicyclic) bond motifs is 2. The van der Waals surface area contributed by atoms with Crippen molar-refractivity contribution in [2.75, 3.05) is 10.6 Å². The molecule has 0 saturated carbocycles. The highest BCUT2D eigenvalue weighted by molar-refractivity contribution is 7.22. The van der Waals surface area contributed by atoms with E-state index in [1.54, 1.807) is 22.7 Å². The summed E-state index contributed by atoms with van der Waals surface area (Å²) >= 11 is 3.09. The predicted octanol–water partition coefficient (Wildman–Crippen LogP) is 7.84. The van der Waals surface area contributed by atoms with E-state index in [2.05, 4.69) is 58.7 Å². The minimum atomic E-state index is 0.0290. The van der Waals surface area contributed by atoms with Crippen LogP contribution in [0.25, 0.3) is 20.4 Å². The van der Waals surface area contributed by atoms with E-state index < -0.39 is 0 Å². The lowest BCUT2D eigenvalue weighted by Crippen LogP contribution is -2.11. The maximum Gasteiger partial charge on any atom is 0.226 e. The number of nitrogens with zero attached hydrogens (tertiary/aromatic N) is 2. The fourth-order valence-electron chi connectivity index (χ4n) is 4.27. The van der Waals surface area contributed by atoms with Crippen molar-refractivity contribution >= 4 is 65.2 Å². The molecule has 2 amide bonds. The third-order valence-electron chi connectivity index (χ3n) is 6.43. The summed E-state index contributed by atoms with van der Waals surface area (Å²) in [4.78, 5) is 33.8. The fourth-order valence-corrected chi connectivity index (χ4v) is 6.32. The fraction of sp³-hybridized carbons (Fsp3) is 0.429. The van der Waals surface area contributed by atoms with E-state index in [4.69, 9.17) is 0 Å². The van der Waals surface area contributed by atoms with Gasteiger partial charge in [0.25, 0.3) is 0 Å². The van der Waals surface area contributed by atoms with E-state index in [1.165, 1.54) is 11.1 Å². The SMILES string of the molecule is Cc1ccc(C)c2sc(NC(=O)CCCCCCCCC(=O)Nc3nc4c(C)ccc(C)c4s3)nc12. The van der Waals surface area contributed by atoms with Crippen LogP contribution >= 0.6 is 22.7 Å². The van der Waals surface area contributed by atoms with Crippen LogP contribution in [0.4, 0.5) is 10.3 Å². The number of benzene rings is 2. The molecule has 2 N–H and O–H groups in total. The van der Waals surface area contributed by atoms with Crippen molar-refractivity contribution in [3.63, 3.8) is 0 Å². The van der Waals surface area contributed by atoms with Gasteiger partial charge in [0, 0.05) is 12.8 Å². The van der Waals surface area contributed by atoms with Gasteiger partial charge in [-0.1, -0.05) is 72.6 Å². The number of nitrogens with one attached hydrogen (secondary N) is 2. The second-order valence-electron chi connectivity index (χ2n) is 9.51. The zero-order valence-corrected chi connectivity index (χ0v) is 23.1. The molecule has 2 aromatic heterocycles. The molecule has 6 nitrogen and oxygen atoms in total. The molecule has 4 rings (SSSR count). The molecule has 0 aliphatic heterocycles. The van der Waals surface area contributed by atoms with Crippen LogP contribution in [0.1, 0.15) is 73.6 Å². The number of carbonyl (C=O) groups excluding carboxylic acids is 2. The number of amides is 2. The van der Waals surface area contributed by atoms with Gasteiger partial charge in [0.05, 0.1) is 20.4 Å². The third-order valence-corrected chi connectivity index (χ3v) is 8.65. The van der Waals surface area contributed by atoms with Gasteiger partial charge in [-0.3, -0.25) is 9.59 Å². The third kappa shape index (κ3) is 6.48. The highest BCUT2D eigenvalue weighted by Crippen LogP contribution is 2.32. The van der Waals surface area contributed by atoms with Crippen molar-refractivity contribution in [1.29, 1.82) is 0 Å². The number of hydrogen-bond acceptors (Lipinski definition) is 6. The molecule has 36 heavy (non-hydrogen) atoms. The van der Waals surface area contributed by atoms with E-state index >= 15 is 0 Å². The number of anilines is 2. The van der Waals surface area contributed by atoms with Gasteiger partial charge in [0.15, 0.2) is 10.3 Å². The van der Waals surface area contributed by atoms with Crippen molar-refractivity contribution in [1.82, 2.24) is 9.97 Å². The summed E-state index contributed by atoms with van der Waals surface area (Å²) in [5.41, 5.74) is 6.60. The average Bonchev–Trinajstić information content (AvgIpc) is 3.46. The summed E-state index contributed by atoms with van der Waals surface area (Å²) in [7, 11) is 0. The Morgan fingerprint density at radius 2 is 0.972 bits per heavy atom. The summed E-state index contributed by atoms with van der Waals surface area (Å²) in [6.45, 7) is 8.23. The number of rotatable bonds is 11. The first-order chi connectivity index (χ1) is 17.3. The molecule has 2 aromatic carbocycles. The Balaban J connectivity index is 1.08. The molecule has 0 saturated heterocycles. The van der Waals surface area contributed by atoms with E-state index in [1.807, 2.05) is 13.8 Å². The van der Waals surface area contributed by atoms with Crippen molar-refractivity contribution in [2.45, 2.75) is 79.1 Å². The number of thiazole rings is 2. The van der Waals surface area contributed by atoms with Crippen LogP contribution in [0.2, 0.25) is 0 Å². The van der Waals surface area contributed by atoms with Crippen LogP contribution < -0.4 is 10.6 Å². The van der Waals surface area contributed by atoms with E-state index in [0.29, 0.717) is 23.1 Å². The van der Waals surface area contributed by atoms with E-state index in [-0.39, 0.29) is 11.8 Å². The van der Waals surface area contributed by atoms with Gasteiger partial charge in [0.1, 0.15) is 0 Å². The summed E-state index contributed by atoms with van der Waals surface area (Å²) in [6, 6.07) is 8.33. The van der Waals surface area contributed by atoms with Crippen molar-refractivity contribution in [3.8, 4) is 0 Å². The minimum Gasteiger partial charge on any atom is -0.302 e. The topological polar surface area (TPSA) is 84.0 Å². The number of unbranched alkanes of at least 4 members (excludes halogenated alkanes) is 5. The molecule has 4 aromatic rings. The lowest BCUT2D eigenvalue weighted by molar-refractivity contribution is -0.117. The highest BCUT2D eigenvalue weighted by Gasteiger charge is 2.12. The van der Waals surface area contributed by atoms with Gasteiger partial charge in [0.2, 0.25) is 11.8 Å². The molecule has 0 unspecified atom stereocenters. The Hall–Kier alpha value is -2.84. The molecule has 0 bridgehead atoms. The van der Waals surface area contributed by atoms with Crippen LogP contribution in [0.5, 0.6) is 0 Å². The highest BCUT2D eigenvalue weighted by atomic mass is 32.1. The monoisotopic (exact) mass is 522 g/mol. The molecule has 0 fully saturated rings. The summed E-state index contributed by atoms with van der Waals surface area (Å²) in [5.74, 6) is 0.0579. The largest absolute Gasteiger partial charge is 0.302 e. The predicted molar refractivity (Wildman–Crippen MR) is 152 cm³/mol. The molecule has 0 aliphatic carbocycles. The summed E-state index contributed by atoms with van der Waals surface area (Å²) in [6.07, 6.45) is 6.94. The number of hydrogen-bond donors (Lipinski definition) is 2. The molecule has 0 atom stereocenters. The van der Waals surface area contributed by atoms with Crippen LogP contribution in [-0.2, 0) is 9.59 Å². The molecular formula is C28H34N4O2S2. The maximum atomic E-state index is 12.3. The van der Waals surface area contributed by atoms with E-state index in [0.717, 1.165) is 70.1 Å². The number of aryl methyl sites for hydroxylation is 4. The minimum absolute atomic E-state index is 0.0290. The lowest BCUT2D eigenvalue weighted by atomic mass is 10.1. The Labute approximate surface area is 220 Å². The Kier molecular flexibility index (Phi) is 8.69. The van der Waals surface area contributed by atoms with Crippen LogP contribution in [0, 0.1) is 27.7 Å². The zero-order valence-electron chi connectivity index (χ0n) is 21.5. The second-order valence-corrected chi connectivity index (χ2v) is 11.5. The van der Waals surface area contributed by atoms with Crippen LogP contribution in [0.15, 0.2) is 24.3 Å². The molecule has 2 heterocycles. The van der Waals surface area contributed by atoms with Crippen molar-refractivity contribution < 1.29 is 9.59 Å². The van der Waals surface area contributed by atoms with Crippen LogP contribution in [0.3, 0.4) is 0 Å². The lowest BCUT2D eigenvalue weighted by Gasteiger charge is -2.03. The van der Waals surface area contributed by atoms with E-state index in [9.17, 15) is 9.59 Å². The summed E-state index contributed by atoms with van der Waals surface area (Å²) in [5, 5.41) is 7.29. The van der Waals surface area contributed by atoms with Gasteiger partial charge in [-0.05, 0) is 62.8 Å². The molecule has 8 heteroatoms.